The number of hydrogen-bond donors (Lipinski definition) is 1. The minimum absolute atomic E-state index is 0.0488. The maximum absolute atomic E-state index is 13.5. The molecule has 0 spiro atoms. The number of aliphatic hydroxyl groups excluding tert-OH is 1. The van der Waals surface area contributed by atoms with E-state index in [2.05, 4.69) is 0 Å². The van der Waals surface area contributed by atoms with Crippen molar-refractivity contribution in [2.45, 2.75) is 55.5 Å². The molecule has 0 saturated carbocycles. The average Bonchev–Trinajstić information content (AvgIpc) is 3.12. The number of ether oxygens (including phenoxy) is 4. The van der Waals surface area contributed by atoms with Crippen LogP contribution in [0.4, 0.5) is 0 Å². The third-order valence-electron chi connectivity index (χ3n) is 5.67. The first kappa shape index (κ1) is 23.7. The van der Waals surface area contributed by atoms with Crippen LogP contribution in [0.25, 0.3) is 0 Å². The molecule has 0 amide bonds. The van der Waals surface area contributed by atoms with Crippen molar-refractivity contribution in [2.75, 3.05) is 13.7 Å². The molecule has 2 aromatic carbocycles. The molecule has 0 radical (unpaired) electrons. The van der Waals surface area contributed by atoms with Crippen molar-refractivity contribution in [2.24, 2.45) is 0 Å². The number of rotatable bonds is 6. The third kappa shape index (κ3) is 4.75. The van der Waals surface area contributed by atoms with Crippen molar-refractivity contribution in [1.82, 2.24) is 4.31 Å². The van der Waals surface area contributed by atoms with Crippen LogP contribution in [0.15, 0.2) is 59.5 Å². The van der Waals surface area contributed by atoms with Gasteiger partial charge in [0.15, 0.2) is 11.8 Å². The molecule has 4 atom stereocenters. The van der Waals surface area contributed by atoms with Crippen LogP contribution in [0.1, 0.15) is 19.4 Å². The van der Waals surface area contributed by atoms with E-state index in [-0.39, 0.29) is 11.4 Å². The van der Waals surface area contributed by atoms with Crippen LogP contribution in [0, 0.1) is 0 Å². The minimum atomic E-state index is -4.18. The molecular formula is C23H27NO8S. The van der Waals surface area contributed by atoms with Crippen LogP contribution in [0.5, 0.6) is 5.75 Å². The van der Waals surface area contributed by atoms with Gasteiger partial charge in [0.05, 0.1) is 12.0 Å². The Bertz CT molecular complexity index is 1090. The highest BCUT2D eigenvalue weighted by Crippen LogP contribution is 2.38. The Morgan fingerprint density at radius 1 is 1.12 bits per heavy atom. The maximum atomic E-state index is 13.5. The Labute approximate surface area is 192 Å². The molecule has 2 aliphatic rings. The van der Waals surface area contributed by atoms with Crippen LogP contribution < -0.4 is 4.74 Å². The molecule has 2 heterocycles. The lowest BCUT2D eigenvalue weighted by atomic mass is 9.96. The molecule has 0 aromatic heterocycles. The van der Waals surface area contributed by atoms with Gasteiger partial charge in [-0.05, 0) is 43.7 Å². The molecule has 10 heteroatoms. The summed E-state index contributed by atoms with van der Waals surface area (Å²) in [7, 11) is -3.04. The molecule has 33 heavy (non-hydrogen) atoms. The first-order valence-electron chi connectivity index (χ1n) is 10.5. The number of nitrogens with zero attached hydrogens (tertiary/aromatic N) is 1. The van der Waals surface area contributed by atoms with E-state index in [9.17, 15) is 18.3 Å². The van der Waals surface area contributed by atoms with Gasteiger partial charge in [-0.3, -0.25) is 4.79 Å². The molecule has 0 bridgehead atoms. The van der Waals surface area contributed by atoms with Gasteiger partial charge in [0.2, 0.25) is 10.0 Å². The van der Waals surface area contributed by atoms with E-state index in [1.54, 1.807) is 26.0 Å². The number of fused-ring (bicyclic) bond motifs is 1. The van der Waals surface area contributed by atoms with Crippen molar-refractivity contribution in [3.05, 3.63) is 60.2 Å². The summed E-state index contributed by atoms with van der Waals surface area (Å²) in [5.41, 5.74) is 0.980. The molecule has 4 rings (SSSR count). The molecular weight excluding hydrogens is 450 g/mol. The molecule has 9 nitrogen and oxygen atoms in total. The van der Waals surface area contributed by atoms with E-state index in [1.807, 2.05) is 30.3 Å². The van der Waals surface area contributed by atoms with Crippen molar-refractivity contribution < 1.29 is 37.3 Å². The van der Waals surface area contributed by atoms with E-state index >= 15 is 0 Å². The number of benzene rings is 2. The minimum Gasteiger partial charge on any atom is -0.489 e. The Balaban J connectivity index is 1.57. The highest BCUT2D eigenvalue weighted by Gasteiger charge is 2.57. The molecule has 2 saturated heterocycles. The van der Waals surface area contributed by atoms with Crippen LogP contribution in [-0.4, -0.2) is 67.6 Å². The second-order valence-corrected chi connectivity index (χ2v) is 10.3. The SMILES string of the molecule is COC(=O)[C@H]1[C@@H](O)[C@@H]2OC(C)(C)O[C@@H]2CN1S(=O)(=O)c1ccc(OCc2ccccc2)cc1. The molecule has 0 aliphatic carbocycles. The third-order valence-corrected chi connectivity index (χ3v) is 7.53. The first-order chi connectivity index (χ1) is 15.6. The lowest BCUT2D eigenvalue weighted by molar-refractivity contribution is -0.164. The molecule has 1 N–H and O–H groups in total. The zero-order valence-electron chi connectivity index (χ0n) is 18.6. The van der Waals surface area contributed by atoms with Gasteiger partial charge in [-0.25, -0.2) is 8.42 Å². The van der Waals surface area contributed by atoms with Gasteiger partial charge in [0.1, 0.15) is 30.7 Å². The van der Waals surface area contributed by atoms with Crippen LogP contribution >= 0.6 is 0 Å². The second kappa shape index (κ2) is 9.03. The number of hydrogen-bond acceptors (Lipinski definition) is 8. The Morgan fingerprint density at radius 3 is 2.42 bits per heavy atom. The van der Waals surface area contributed by atoms with Crippen molar-refractivity contribution >= 4 is 16.0 Å². The first-order valence-corrected chi connectivity index (χ1v) is 12.0. The second-order valence-electron chi connectivity index (χ2n) is 8.42. The topological polar surface area (TPSA) is 112 Å². The van der Waals surface area contributed by atoms with Crippen LogP contribution in [0.2, 0.25) is 0 Å². The Hall–Kier alpha value is -2.50. The summed E-state index contributed by atoms with van der Waals surface area (Å²) in [6.45, 7) is 3.50. The standard InChI is InChI=1S/C23H27NO8S/c1-23(2)31-18-13-24(19(22(26)29-3)20(25)21(18)32-23)33(27,28)17-11-9-16(10-12-17)30-14-15-7-5-4-6-8-15/h4-12,18-21,25H,13-14H2,1-3H3/t18-,19-,20-,21-/m1/s1. The summed E-state index contributed by atoms with van der Waals surface area (Å²) < 4.78 is 49.9. The highest BCUT2D eigenvalue weighted by molar-refractivity contribution is 7.89. The van der Waals surface area contributed by atoms with Gasteiger partial charge in [-0.2, -0.15) is 4.31 Å². The van der Waals surface area contributed by atoms with E-state index < -0.39 is 46.1 Å². The fourth-order valence-electron chi connectivity index (χ4n) is 4.14. The van der Waals surface area contributed by atoms with Gasteiger partial charge >= 0.3 is 5.97 Å². The zero-order chi connectivity index (χ0) is 23.8. The largest absolute Gasteiger partial charge is 0.489 e. The van der Waals surface area contributed by atoms with Gasteiger partial charge < -0.3 is 24.1 Å². The lowest BCUT2D eigenvalue weighted by Crippen LogP contribution is -2.64. The number of sulfonamides is 1. The Kier molecular flexibility index (Phi) is 6.47. The summed E-state index contributed by atoms with van der Waals surface area (Å²) in [5, 5.41) is 10.8. The smallest absolute Gasteiger partial charge is 0.326 e. The summed E-state index contributed by atoms with van der Waals surface area (Å²) in [6, 6.07) is 14.0. The quantitative estimate of drug-likeness (QED) is 0.626. The van der Waals surface area contributed by atoms with Crippen molar-refractivity contribution in [1.29, 1.82) is 0 Å². The molecule has 178 valence electrons. The summed E-state index contributed by atoms with van der Waals surface area (Å²) in [6.07, 6.45) is -3.05. The van der Waals surface area contributed by atoms with E-state index in [4.69, 9.17) is 18.9 Å². The number of esters is 1. The van der Waals surface area contributed by atoms with Gasteiger partial charge in [0.25, 0.3) is 0 Å². The zero-order valence-corrected chi connectivity index (χ0v) is 19.4. The number of piperidine rings is 1. The van der Waals surface area contributed by atoms with Crippen molar-refractivity contribution in [3.63, 3.8) is 0 Å². The monoisotopic (exact) mass is 477 g/mol. The normalized spacial score (nSPS) is 27.0. The fourth-order valence-corrected chi connectivity index (χ4v) is 5.75. The fraction of sp³-hybridized carbons (Fsp3) is 0.435. The van der Waals surface area contributed by atoms with E-state index in [0.29, 0.717) is 12.4 Å². The molecule has 2 fully saturated rings. The van der Waals surface area contributed by atoms with Crippen molar-refractivity contribution in [3.8, 4) is 5.75 Å². The van der Waals surface area contributed by atoms with Crippen LogP contribution in [0.3, 0.4) is 0 Å². The summed E-state index contributed by atoms with van der Waals surface area (Å²) in [4.78, 5) is 12.4. The summed E-state index contributed by atoms with van der Waals surface area (Å²) >= 11 is 0. The molecule has 2 aromatic rings. The maximum Gasteiger partial charge on any atom is 0.326 e. The highest BCUT2D eigenvalue weighted by atomic mass is 32.2. The number of methoxy groups -OCH3 is 1. The predicted octanol–water partition coefficient (Wildman–Crippen LogP) is 1.69. The lowest BCUT2D eigenvalue weighted by Gasteiger charge is -2.40. The number of carbonyl (C=O) groups excluding carboxylic acids is 1. The van der Waals surface area contributed by atoms with Gasteiger partial charge in [0, 0.05) is 6.54 Å². The van der Waals surface area contributed by atoms with E-state index in [0.717, 1.165) is 17.0 Å². The van der Waals surface area contributed by atoms with Crippen LogP contribution in [-0.2, 0) is 35.6 Å². The molecule has 2 aliphatic heterocycles. The van der Waals surface area contributed by atoms with E-state index in [1.165, 1.54) is 12.1 Å². The van der Waals surface area contributed by atoms with Gasteiger partial charge in [-0.15, -0.1) is 0 Å². The Morgan fingerprint density at radius 2 is 1.79 bits per heavy atom. The molecule has 0 unspecified atom stereocenters. The van der Waals surface area contributed by atoms with Gasteiger partial charge in [-0.1, -0.05) is 30.3 Å². The number of aliphatic hydroxyl groups is 1. The summed E-state index contributed by atoms with van der Waals surface area (Å²) in [5.74, 6) is -1.40. The number of carbonyl (C=O) groups is 1. The average molecular weight is 478 g/mol. The predicted molar refractivity (Wildman–Crippen MR) is 117 cm³/mol.